The van der Waals surface area contributed by atoms with Crippen LogP contribution in [0.3, 0.4) is 0 Å². The summed E-state index contributed by atoms with van der Waals surface area (Å²) < 4.78 is 13.9. The summed E-state index contributed by atoms with van der Waals surface area (Å²) in [5.41, 5.74) is 4.19. The van der Waals surface area contributed by atoms with Gasteiger partial charge in [0, 0.05) is 23.0 Å². The van der Waals surface area contributed by atoms with Crippen molar-refractivity contribution in [2.75, 3.05) is 0 Å². The number of benzene rings is 2. The normalized spacial score (nSPS) is 25.5. The standard InChI is InChI=1S/C25H23ClFN3/c26-17-2-4-23-24(12-17)30-25(29-23)6-1-14-9-16-10-15(14)11-20(16)19-7-8-28-22-5-3-18(27)13-21(19)22/h2-5,7-8,12-16,20H,1,6,9-11H2,(H,29,30). The van der Waals surface area contributed by atoms with Crippen LogP contribution in [0.15, 0.2) is 48.7 Å². The topological polar surface area (TPSA) is 41.6 Å². The minimum atomic E-state index is -0.176. The van der Waals surface area contributed by atoms with Crippen molar-refractivity contribution in [1.82, 2.24) is 15.0 Å². The molecule has 2 bridgehead atoms. The Morgan fingerprint density at radius 2 is 1.90 bits per heavy atom. The third kappa shape index (κ3) is 3.09. The third-order valence-electron chi connectivity index (χ3n) is 7.39. The molecule has 30 heavy (non-hydrogen) atoms. The number of hydrogen-bond donors (Lipinski definition) is 1. The quantitative estimate of drug-likeness (QED) is 0.401. The maximum atomic E-state index is 13.9. The Bertz CT molecular complexity index is 1250. The molecule has 4 aromatic rings. The van der Waals surface area contributed by atoms with E-state index in [1.54, 1.807) is 12.1 Å². The monoisotopic (exact) mass is 419 g/mol. The van der Waals surface area contributed by atoms with E-state index >= 15 is 0 Å². The summed E-state index contributed by atoms with van der Waals surface area (Å²) >= 11 is 6.09. The lowest BCUT2D eigenvalue weighted by atomic mass is 9.76. The Morgan fingerprint density at radius 3 is 2.77 bits per heavy atom. The molecule has 2 aliphatic rings. The molecule has 2 aromatic carbocycles. The van der Waals surface area contributed by atoms with E-state index < -0.39 is 0 Å². The molecule has 4 unspecified atom stereocenters. The van der Waals surface area contributed by atoms with Gasteiger partial charge in [-0.15, -0.1) is 0 Å². The maximum Gasteiger partial charge on any atom is 0.123 e. The average Bonchev–Trinajstić information content (AvgIpc) is 3.45. The van der Waals surface area contributed by atoms with Crippen LogP contribution in [0, 0.1) is 23.6 Å². The number of aromatic amines is 1. The van der Waals surface area contributed by atoms with Crippen LogP contribution in [0.25, 0.3) is 21.9 Å². The van der Waals surface area contributed by atoms with Crippen molar-refractivity contribution < 1.29 is 4.39 Å². The summed E-state index contributed by atoms with van der Waals surface area (Å²) in [7, 11) is 0. The number of hydrogen-bond acceptors (Lipinski definition) is 2. The highest BCUT2D eigenvalue weighted by Gasteiger charge is 2.46. The van der Waals surface area contributed by atoms with Crippen molar-refractivity contribution >= 4 is 33.5 Å². The molecule has 2 aromatic heterocycles. The molecule has 0 spiro atoms. The van der Waals surface area contributed by atoms with Gasteiger partial charge in [-0.25, -0.2) is 9.37 Å². The van der Waals surface area contributed by atoms with Gasteiger partial charge in [0.15, 0.2) is 0 Å². The van der Waals surface area contributed by atoms with E-state index in [1.807, 2.05) is 24.4 Å². The highest BCUT2D eigenvalue weighted by atomic mass is 35.5. The molecule has 2 saturated carbocycles. The Hall–Kier alpha value is -2.46. The first-order valence-electron chi connectivity index (χ1n) is 10.8. The predicted octanol–water partition coefficient (Wildman–Crippen LogP) is 6.67. The van der Waals surface area contributed by atoms with E-state index in [-0.39, 0.29) is 5.82 Å². The fraction of sp³-hybridized carbons (Fsp3) is 0.360. The predicted molar refractivity (Wildman–Crippen MR) is 118 cm³/mol. The van der Waals surface area contributed by atoms with Gasteiger partial charge in [0.05, 0.1) is 16.6 Å². The molecule has 0 saturated heterocycles. The molecule has 6 rings (SSSR count). The van der Waals surface area contributed by atoms with Crippen LogP contribution in [0.4, 0.5) is 4.39 Å². The van der Waals surface area contributed by atoms with Crippen molar-refractivity contribution in [2.45, 2.75) is 38.0 Å². The second-order valence-corrected chi connectivity index (χ2v) is 9.48. The summed E-state index contributed by atoms with van der Waals surface area (Å²) in [6, 6.07) is 12.9. The fourth-order valence-electron chi connectivity index (χ4n) is 6.07. The van der Waals surface area contributed by atoms with Gasteiger partial charge in [-0.1, -0.05) is 11.6 Å². The SMILES string of the molecule is Fc1ccc2nccc(C3CC4CC3CC4CCc3nc4ccc(Cl)cc4[nH]3)c2c1. The van der Waals surface area contributed by atoms with E-state index in [1.165, 1.54) is 37.3 Å². The number of H-pyrrole nitrogens is 1. The molecule has 0 aliphatic heterocycles. The first-order valence-corrected chi connectivity index (χ1v) is 11.2. The van der Waals surface area contributed by atoms with Gasteiger partial charge in [0.1, 0.15) is 11.6 Å². The number of imidazole rings is 1. The molecule has 2 aliphatic carbocycles. The molecule has 5 heteroatoms. The van der Waals surface area contributed by atoms with E-state index in [4.69, 9.17) is 16.6 Å². The van der Waals surface area contributed by atoms with Crippen molar-refractivity contribution in [3.8, 4) is 0 Å². The smallest absolute Gasteiger partial charge is 0.123 e. The second kappa shape index (κ2) is 7.05. The molecular weight excluding hydrogens is 397 g/mol. The molecular formula is C25H23ClFN3. The van der Waals surface area contributed by atoms with Crippen LogP contribution >= 0.6 is 11.6 Å². The molecule has 4 atom stereocenters. The van der Waals surface area contributed by atoms with Gasteiger partial charge >= 0.3 is 0 Å². The van der Waals surface area contributed by atoms with Crippen molar-refractivity contribution in [2.24, 2.45) is 17.8 Å². The lowest BCUT2D eigenvalue weighted by Gasteiger charge is -2.29. The molecule has 1 N–H and O–H groups in total. The van der Waals surface area contributed by atoms with Crippen LogP contribution in [0.2, 0.25) is 5.02 Å². The molecule has 0 radical (unpaired) electrons. The van der Waals surface area contributed by atoms with Crippen molar-refractivity contribution in [3.05, 3.63) is 70.9 Å². The Labute approximate surface area is 179 Å². The number of halogens is 2. The Morgan fingerprint density at radius 1 is 1.00 bits per heavy atom. The lowest BCUT2D eigenvalue weighted by Crippen LogP contribution is -2.17. The largest absolute Gasteiger partial charge is 0.342 e. The Balaban J connectivity index is 1.17. The first-order chi connectivity index (χ1) is 14.6. The minimum absolute atomic E-state index is 0.176. The highest BCUT2D eigenvalue weighted by Crippen LogP contribution is 2.57. The zero-order chi connectivity index (χ0) is 20.2. The summed E-state index contributed by atoms with van der Waals surface area (Å²) in [5.74, 6) is 3.63. The number of nitrogens with one attached hydrogen (secondary N) is 1. The Kier molecular flexibility index (Phi) is 4.31. The minimum Gasteiger partial charge on any atom is -0.342 e. The first kappa shape index (κ1) is 18.3. The van der Waals surface area contributed by atoms with Crippen molar-refractivity contribution in [1.29, 1.82) is 0 Å². The van der Waals surface area contributed by atoms with Crippen LogP contribution in [0.5, 0.6) is 0 Å². The molecule has 0 amide bonds. The molecule has 2 fully saturated rings. The van der Waals surface area contributed by atoms with E-state index in [9.17, 15) is 4.39 Å². The summed E-state index contributed by atoms with van der Waals surface area (Å²) in [4.78, 5) is 12.6. The van der Waals surface area contributed by atoms with Gasteiger partial charge < -0.3 is 4.98 Å². The van der Waals surface area contributed by atoms with E-state index in [2.05, 4.69) is 16.0 Å². The average molecular weight is 420 g/mol. The van der Waals surface area contributed by atoms with Crippen LogP contribution < -0.4 is 0 Å². The second-order valence-electron chi connectivity index (χ2n) is 9.04. The van der Waals surface area contributed by atoms with Gasteiger partial charge in [-0.3, -0.25) is 4.98 Å². The maximum absolute atomic E-state index is 13.9. The fourth-order valence-corrected chi connectivity index (χ4v) is 6.24. The van der Waals surface area contributed by atoms with Gasteiger partial charge in [0.2, 0.25) is 0 Å². The number of fused-ring (bicyclic) bond motifs is 4. The van der Waals surface area contributed by atoms with Crippen molar-refractivity contribution in [3.63, 3.8) is 0 Å². The number of nitrogens with zero attached hydrogens (tertiary/aromatic N) is 2. The third-order valence-corrected chi connectivity index (χ3v) is 7.62. The zero-order valence-corrected chi connectivity index (χ0v) is 17.4. The van der Waals surface area contributed by atoms with Gasteiger partial charge in [-0.2, -0.15) is 0 Å². The summed E-state index contributed by atoms with van der Waals surface area (Å²) in [6.07, 6.45) is 7.81. The van der Waals surface area contributed by atoms with Crippen LogP contribution in [-0.2, 0) is 6.42 Å². The van der Waals surface area contributed by atoms with E-state index in [0.717, 1.165) is 51.0 Å². The number of aromatic nitrogens is 3. The molecule has 3 nitrogen and oxygen atoms in total. The molecule has 2 heterocycles. The number of aryl methyl sites for hydroxylation is 1. The number of pyridine rings is 1. The highest BCUT2D eigenvalue weighted by molar-refractivity contribution is 6.31. The van der Waals surface area contributed by atoms with Gasteiger partial charge in [-0.05, 0) is 97.4 Å². The zero-order valence-electron chi connectivity index (χ0n) is 16.6. The molecule has 152 valence electrons. The summed E-state index contributed by atoms with van der Waals surface area (Å²) in [6.45, 7) is 0. The van der Waals surface area contributed by atoms with Crippen LogP contribution in [-0.4, -0.2) is 15.0 Å². The van der Waals surface area contributed by atoms with E-state index in [0.29, 0.717) is 11.8 Å². The lowest BCUT2D eigenvalue weighted by molar-refractivity contribution is 0.289. The van der Waals surface area contributed by atoms with Gasteiger partial charge in [0.25, 0.3) is 0 Å². The van der Waals surface area contributed by atoms with Crippen LogP contribution in [0.1, 0.15) is 43.0 Å². The number of rotatable bonds is 4. The summed E-state index contributed by atoms with van der Waals surface area (Å²) in [5, 5.41) is 1.73.